The van der Waals surface area contributed by atoms with Gasteiger partial charge < -0.3 is 9.67 Å². The van der Waals surface area contributed by atoms with E-state index in [1.807, 2.05) is 0 Å². The van der Waals surface area contributed by atoms with Crippen molar-refractivity contribution in [3.63, 3.8) is 0 Å². The molecule has 0 saturated heterocycles. The van der Waals surface area contributed by atoms with Crippen LogP contribution < -0.4 is 0 Å². The Bertz CT molecular complexity index is 385. The molecule has 0 aliphatic carbocycles. The largest absolute Gasteiger partial charge is 0.475 e. The third-order valence-electron chi connectivity index (χ3n) is 1.51. The number of alkyl halides is 3. The number of hydrogen-bond acceptors (Lipinski definition) is 2. The summed E-state index contributed by atoms with van der Waals surface area (Å²) in [5.41, 5.74) is -1.12. The maximum Gasteiger partial charge on any atom is 0.434 e. The molecule has 0 saturated carbocycles. The Morgan fingerprint density at radius 2 is 2.07 bits per heavy atom. The molecule has 1 aromatic heterocycles. The van der Waals surface area contributed by atoms with Crippen LogP contribution in [0.3, 0.4) is 0 Å². The lowest BCUT2D eigenvalue weighted by Gasteiger charge is -2.07. The topological polar surface area (TPSA) is 55.1 Å². The van der Waals surface area contributed by atoms with Crippen molar-refractivity contribution >= 4 is 21.9 Å². The van der Waals surface area contributed by atoms with Crippen LogP contribution in [0.4, 0.5) is 13.2 Å². The molecule has 0 aliphatic rings. The van der Waals surface area contributed by atoms with Crippen molar-refractivity contribution in [1.29, 1.82) is 0 Å². The summed E-state index contributed by atoms with van der Waals surface area (Å²) in [4.78, 5) is 13.7. The first-order chi connectivity index (χ1) is 6.25. The zero-order valence-electron chi connectivity index (χ0n) is 6.76. The second-order valence-corrected chi connectivity index (χ2v) is 3.19. The normalized spacial score (nSPS) is 11.8. The maximum absolute atomic E-state index is 12.3. The number of halogens is 4. The second-order valence-electron chi connectivity index (χ2n) is 2.44. The summed E-state index contributed by atoms with van der Waals surface area (Å²) in [6.45, 7) is 0. The minimum absolute atomic E-state index is 0.479. The lowest BCUT2D eigenvalue weighted by atomic mass is 10.4. The summed E-state index contributed by atoms with van der Waals surface area (Å²) in [6.07, 6.45) is -4.63. The Balaban J connectivity index is 3.40. The monoisotopic (exact) mass is 272 g/mol. The van der Waals surface area contributed by atoms with E-state index in [4.69, 9.17) is 5.11 Å². The van der Waals surface area contributed by atoms with Gasteiger partial charge in [0.25, 0.3) is 0 Å². The Hall–Kier alpha value is -1.05. The summed E-state index contributed by atoms with van der Waals surface area (Å²) < 4.78 is 36.9. The molecule has 0 bridgehead atoms. The lowest BCUT2D eigenvalue weighted by Crippen LogP contribution is -2.15. The zero-order valence-corrected chi connectivity index (χ0v) is 8.35. The number of carboxylic acids is 1. The van der Waals surface area contributed by atoms with Gasteiger partial charge in [-0.15, -0.1) is 0 Å². The quantitative estimate of drug-likeness (QED) is 0.850. The number of imidazole rings is 1. The highest BCUT2D eigenvalue weighted by atomic mass is 79.9. The van der Waals surface area contributed by atoms with Crippen LogP contribution in [-0.2, 0) is 13.2 Å². The molecular formula is C6H4BrF3N2O2. The third kappa shape index (κ3) is 1.74. The van der Waals surface area contributed by atoms with Crippen LogP contribution in [0.2, 0.25) is 0 Å². The average molecular weight is 273 g/mol. The standard InChI is InChI=1S/C6H4BrF3N2O2/c1-12-2(6(8,9)10)3(7)11-4(12)5(13)14/h1H3,(H,13,14). The van der Waals surface area contributed by atoms with Crippen LogP contribution in [0.1, 0.15) is 16.3 Å². The van der Waals surface area contributed by atoms with E-state index >= 15 is 0 Å². The number of nitrogens with zero attached hydrogens (tertiary/aromatic N) is 2. The molecule has 0 radical (unpaired) electrons. The highest BCUT2D eigenvalue weighted by Gasteiger charge is 2.39. The SMILES string of the molecule is Cn1c(C(=O)O)nc(Br)c1C(F)(F)F. The molecule has 1 aromatic rings. The number of carboxylic acid groups (broad SMARTS) is 1. The first-order valence-corrected chi connectivity index (χ1v) is 4.07. The van der Waals surface area contributed by atoms with E-state index in [0.29, 0.717) is 4.57 Å². The molecule has 0 atom stereocenters. The van der Waals surface area contributed by atoms with Crippen molar-refractivity contribution < 1.29 is 23.1 Å². The summed E-state index contributed by atoms with van der Waals surface area (Å²) in [5.74, 6) is -2.17. The molecule has 0 aromatic carbocycles. The maximum atomic E-state index is 12.3. The smallest absolute Gasteiger partial charge is 0.434 e. The Kier molecular flexibility index (Phi) is 2.57. The molecular weight excluding hydrogens is 269 g/mol. The molecule has 14 heavy (non-hydrogen) atoms. The van der Waals surface area contributed by atoms with Crippen LogP contribution in [0.15, 0.2) is 4.60 Å². The van der Waals surface area contributed by atoms with Crippen molar-refractivity contribution in [2.24, 2.45) is 7.05 Å². The fraction of sp³-hybridized carbons (Fsp3) is 0.333. The summed E-state index contributed by atoms with van der Waals surface area (Å²) >= 11 is 2.56. The van der Waals surface area contributed by atoms with E-state index in [1.54, 1.807) is 0 Å². The number of hydrogen-bond donors (Lipinski definition) is 1. The number of rotatable bonds is 1. The fourth-order valence-electron chi connectivity index (χ4n) is 0.964. The van der Waals surface area contributed by atoms with Gasteiger partial charge >= 0.3 is 12.1 Å². The molecule has 0 fully saturated rings. The lowest BCUT2D eigenvalue weighted by molar-refractivity contribution is -0.143. The third-order valence-corrected chi connectivity index (χ3v) is 2.07. The minimum atomic E-state index is -4.63. The summed E-state index contributed by atoms with van der Waals surface area (Å²) in [7, 11) is 0.990. The van der Waals surface area contributed by atoms with Gasteiger partial charge in [0, 0.05) is 7.05 Å². The molecule has 0 unspecified atom stereocenters. The van der Waals surface area contributed by atoms with Crippen molar-refractivity contribution in [3.05, 3.63) is 16.1 Å². The molecule has 8 heteroatoms. The molecule has 1 rings (SSSR count). The average Bonchev–Trinajstić information content (AvgIpc) is 2.24. The highest BCUT2D eigenvalue weighted by Crippen LogP contribution is 2.34. The molecule has 1 heterocycles. The summed E-state index contributed by atoms with van der Waals surface area (Å²) in [5, 5.41) is 8.50. The number of aromatic nitrogens is 2. The van der Waals surface area contributed by atoms with Gasteiger partial charge in [-0.05, 0) is 15.9 Å². The van der Waals surface area contributed by atoms with Crippen molar-refractivity contribution in [2.45, 2.75) is 6.18 Å². The van der Waals surface area contributed by atoms with Gasteiger partial charge in [0.05, 0.1) is 0 Å². The second kappa shape index (κ2) is 3.26. The number of aromatic carboxylic acids is 1. The van der Waals surface area contributed by atoms with E-state index in [1.165, 1.54) is 0 Å². The van der Waals surface area contributed by atoms with Gasteiger partial charge in [0.15, 0.2) is 5.69 Å². The van der Waals surface area contributed by atoms with Gasteiger partial charge in [-0.2, -0.15) is 13.2 Å². The fourth-order valence-corrected chi connectivity index (χ4v) is 1.62. The Labute approximate surface area is 84.5 Å². The van der Waals surface area contributed by atoms with Gasteiger partial charge in [0.2, 0.25) is 5.82 Å². The molecule has 1 N–H and O–H groups in total. The van der Waals surface area contributed by atoms with Gasteiger partial charge in [-0.1, -0.05) is 0 Å². The van der Waals surface area contributed by atoms with E-state index < -0.39 is 28.3 Å². The van der Waals surface area contributed by atoms with Crippen LogP contribution in [-0.4, -0.2) is 20.6 Å². The Morgan fingerprint density at radius 3 is 2.29 bits per heavy atom. The molecule has 0 amide bonds. The van der Waals surface area contributed by atoms with Gasteiger partial charge in [-0.25, -0.2) is 9.78 Å². The van der Waals surface area contributed by atoms with Crippen LogP contribution in [0.5, 0.6) is 0 Å². The van der Waals surface area contributed by atoms with Crippen molar-refractivity contribution in [3.8, 4) is 0 Å². The van der Waals surface area contributed by atoms with Crippen molar-refractivity contribution in [1.82, 2.24) is 9.55 Å². The van der Waals surface area contributed by atoms with Crippen LogP contribution in [0.25, 0.3) is 0 Å². The first kappa shape index (κ1) is 11.0. The van der Waals surface area contributed by atoms with Crippen LogP contribution in [0, 0.1) is 0 Å². The minimum Gasteiger partial charge on any atom is -0.475 e. The first-order valence-electron chi connectivity index (χ1n) is 3.28. The van der Waals surface area contributed by atoms with Gasteiger partial charge in [-0.3, -0.25) is 0 Å². The number of carbonyl (C=O) groups is 1. The Morgan fingerprint density at radius 1 is 1.57 bits per heavy atom. The van der Waals surface area contributed by atoms with E-state index in [0.717, 1.165) is 7.05 Å². The molecule has 0 spiro atoms. The predicted octanol–water partition coefficient (Wildman–Crippen LogP) is 1.90. The zero-order chi connectivity index (χ0) is 11.1. The summed E-state index contributed by atoms with van der Waals surface area (Å²) in [6, 6.07) is 0. The molecule has 78 valence electrons. The van der Waals surface area contributed by atoms with E-state index in [9.17, 15) is 18.0 Å². The molecule has 0 aliphatic heterocycles. The van der Waals surface area contributed by atoms with Gasteiger partial charge in [0.1, 0.15) is 4.60 Å². The van der Waals surface area contributed by atoms with E-state index in [2.05, 4.69) is 20.9 Å². The van der Waals surface area contributed by atoms with Crippen molar-refractivity contribution in [2.75, 3.05) is 0 Å². The van der Waals surface area contributed by atoms with Crippen LogP contribution >= 0.6 is 15.9 Å². The van der Waals surface area contributed by atoms with E-state index in [-0.39, 0.29) is 0 Å². The molecule has 4 nitrogen and oxygen atoms in total. The highest BCUT2D eigenvalue weighted by molar-refractivity contribution is 9.10. The predicted molar refractivity (Wildman–Crippen MR) is 42.9 cm³/mol.